The molecular formula is C19H14Cl3N3O3S. The Morgan fingerprint density at radius 1 is 1.21 bits per heavy atom. The fraction of sp³-hybridized carbons (Fsp3) is 0.105. The van der Waals surface area contributed by atoms with E-state index in [0.29, 0.717) is 37.4 Å². The van der Waals surface area contributed by atoms with Crippen LogP contribution in [0, 0.1) is 6.92 Å². The van der Waals surface area contributed by atoms with E-state index in [1.54, 1.807) is 43.3 Å². The highest BCUT2D eigenvalue weighted by atomic mass is 35.5. The Bertz CT molecular complexity index is 1090. The monoisotopic (exact) mass is 469 g/mol. The van der Waals surface area contributed by atoms with Gasteiger partial charge in [-0.05, 0) is 55.1 Å². The van der Waals surface area contributed by atoms with Gasteiger partial charge in [-0.15, -0.1) is 5.10 Å². The summed E-state index contributed by atoms with van der Waals surface area (Å²) in [6.45, 7) is 1.90. The van der Waals surface area contributed by atoms with Crippen LogP contribution in [-0.4, -0.2) is 26.3 Å². The molecule has 0 amide bonds. The molecule has 0 unspecified atom stereocenters. The van der Waals surface area contributed by atoms with Crippen molar-refractivity contribution >= 4 is 58.6 Å². The van der Waals surface area contributed by atoms with E-state index in [0.717, 1.165) is 17.3 Å². The molecule has 6 nitrogen and oxygen atoms in total. The molecule has 150 valence electrons. The number of nitrogens with zero attached hydrogens (tertiary/aromatic N) is 2. The number of benzene rings is 2. The van der Waals surface area contributed by atoms with Crippen LogP contribution in [-0.2, 0) is 11.4 Å². The molecule has 0 spiro atoms. The van der Waals surface area contributed by atoms with Crippen molar-refractivity contribution in [2.45, 2.75) is 18.7 Å². The molecule has 0 aliphatic rings. The third kappa shape index (κ3) is 5.90. The maximum Gasteiger partial charge on any atom is 0.342 e. The van der Waals surface area contributed by atoms with E-state index < -0.39 is 5.97 Å². The number of H-pyrrole nitrogens is 1. The number of thioether (sulfide) groups is 1. The van der Waals surface area contributed by atoms with Gasteiger partial charge in [-0.3, -0.25) is 5.10 Å². The van der Waals surface area contributed by atoms with Crippen LogP contribution in [0.2, 0.25) is 15.1 Å². The van der Waals surface area contributed by atoms with E-state index in [1.165, 1.54) is 6.08 Å². The number of hydrogen-bond acceptors (Lipinski definition) is 5. The Morgan fingerprint density at radius 3 is 2.59 bits per heavy atom. The molecule has 3 rings (SSSR count). The molecule has 10 heteroatoms. The summed E-state index contributed by atoms with van der Waals surface area (Å²) in [5.41, 5.74) is 1.24. The predicted octanol–water partition coefficient (Wildman–Crippen LogP) is 5.87. The first-order valence-corrected chi connectivity index (χ1v) is 10.1. The molecule has 0 aliphatic heterocycles. The molecule has 0 aliphatic carbocycles. The molecule has 0 bridgehead atoms. The van der Waals surface area contributed by atoms with Gasteiger partial charge in [0.15, 0.2) is 0 Å². The van der Waals surface area contributed by atoms with Crippen molar-refractivity contribution in [1.29, 1.82) is 0 Å². The quantitative estimate of drug-likeness (QED) is 0.332. The van der Waals surface area contributed by atoms with Crippen LogP contribution >= 0.6 is 46.6 Å². The molecule has 0 saturated carbocycles. The van der Waals surface area contributed by atoms with E-state index in [9.17, 15) is 9.90 Å². The molecule has 1 aromatic heterocycles. The van der Waals surface area contributed by atoms with Gasteiger partial charge in [-0.2, -0.15) is 0 Å². The summed E-state index contributed by atoms with van der Waals surface area (Å²) in [6.07, 6.45) is 1.46. The smallest absolute Gasteiger partial charge is 0.342 e. The first kappa shape index (κ1) is 21.5. The van der Waals surface area contributed by atoms with Gasteiger partial charge < -0.3 is 9.84 Å². The van der Waals surface area contributed by atoms with Gasteiger partial charge in [-0.1, -0.05) is 40.9 Å². The lowest BCUT2D eigenvalue weighted by Crippen LogP contribution is -2.00. The summed E-state index contributed by atoms with van der Waals surface area (Å²) in [5.74, 6) is -0.0843. The number of ether oxygens (including phenoxy) is 1. The Labute approximate surface area is 185 Å². The molecule has 2 aromatic carbocycles. The van der Waals surface area contributed by atoms with Crippen molar-refractivity contribution in [3.63, 3.8) is 0 Å². The Kier molecular flexibility index (Phi) is 7.08. The van der Waals surface area contributed by atoms with Crippen molar-refractivity contribution in [2.24, 2.45) is 0 Å². The van der Waals surface area contributed by atoms with Crippen LogP contribution in [0.1, 0.15) is 17.0 Å². The number of aliphatic carboxylic acids is 1. The van der Waals surface area contributed by atoms with Crippen LogP contribution in [0.25, 0.3) is 6.08 Å². The number of rotatable bonds is 7. The molecule has 0 radical (unpaired) electrons. The first-order valence-electron chi connectivity index (χ1n) is 8.20. The van der Waals surface area contributed by atoms with Crippen LogP contribution in [0.5, 0.6) is 5.75 Å². The van der Waals surface area contributed by atoms with Crippen molar-refractivity contribution in [3.05, 3.63) is 73.3 Å². The molecule has 29 heavy (non-hydrogen) atoms. The molecule has 2 N–H and O–H groups in total. The number of halogens is 3. The van der Waals surface area contributed by atoms with Crippen molar-refractivity contribution < 1.29 is 14.6 Å². The second kappa shape index (κ2) is 9.54. The number of hydrogen-bond donors (Lipinski definition) is 2. The van der Waals surface area contributed by atoms with E-state index >= 15 is 0 Å². The fourth-order valence-electron chi connectivity index (χ4n) is 2.30. The Hall–Kier alpha value is -2.19. The topological polar surface area (TPSA) is 88.1 Å². The number of nitrogens with one attached hydrogen (secondary N) is 1. The summed E-state index contributed by atoms with van der Waals surface area (Å²) in [7, 11) is 0. The van der Waals surface area contributed by atoms with E-state index in [-0.39, 0.29) is 11.5 Å². The lowest BCUT2D eigenvalue weighted by Gasteiger charge is -2.12. The zero-order chi connectivity index (χ0) is 21.0. The first-order chi connectivity index (χ1) is 13.8. The lowest BCUT2D eigenvalue weighted by molar-refractivity contribution is -0.131. The van der Waals surface area contributed by atoms with Crippen molar-refractivity contribution in [2.75, 3.05) is 0 Å². The Balaban J connectivity index is 1.88. The third-order valence-corrected chi connectivity index (χ3v) is 5.35. The number of aryl methyl sites for hydroxylation is 1. The van der Waals surface area contributed by atoms with E-state index in [4.69, 9.17) is 39.5 Å². The van der Waals surface area contributed by atoms with Crippen LogP contribution in [0.3, 0.4) is 0 Å². The van der Waals surface area contributed by atoms with Gasteiger partial charge in [0.2, 0.25) is 5.16 Å². The van der Waals surface area contributed by atoms with Gasteiger partial charge in [0.05, 0.1) is 0 Å². The van der Waals surface area contributed by atoms with Crippen LogP contribution < -0.4 is 4.74 Å². The maximum absolute atomic E-state index is 11.7. The van der Waals surface area contributed by atoms with Crippen molar-refractivity contribution in [3.8, 4) is 5.75 Å². The van der Waals surface area contributed by atoms with Crippen molar-refractivity contribution in [1.82, 2.24) is 15.2 Å². The minimum absolute atomic E-state index is 0.0145. The molecule has 3 aromatic rings. The average molecular weight is 471 g/mol. The van der Waals surface area contributed by atoms with E-state index in [2.05, 4.69) is 15.2 Å². The fourth-order valence-corrected chi connectivity index (χ4v) is 3.69. The summed E-state index contributed by atoms with van der Waals surface area (Å²) in [6, 6.07) is 10.0. The maximum atomic E-state index is 11.7. The van der Waals surface area contributed by atoms with E-state index in [1.807, 2.05) is 0 Å². The average Bonchev–Trinajstić information content (AvgIpc) is 3.06. The zero-order valence-corrected chi connectivity index (χ0v) is 18.0. The molecular weight excluding hydrogens is 457 g/mol. The highest BCUT2D eigenvalue weighted by Gasteiger charge is 2.15. The minimum Gasteiger partial charge on any atom is -0.488 e. The lowest BCUT2D eigenvalue weighted by atomic mass is 10.2. The number of carbonyl (C=O) groups is 1. The highest BCUT2D eigenvalue weighted by Crippen LogP contribution is 2.31. The summed E-state index contributed by atoms with van der Waals surface area (Å²) in [5, 5.41) is 17.9. The highest BCUT2D eigenvalue weighted by molar-refractivity contribution is 8.04. The standard InChI is InChI=1S/C19H14Cl3N3O3S/c1-10-23-19(25-24-10)29-17(18(26)27)7-12-6-13(20)4-5-16(12)28-9-11-2-3-14(21)8-15(11)22/h2-8H,9H2,1H3,(H,26,27)(H,23,24,25)/b17-7-. The minimum atomic E-state index is -1.12. The SMILES string of the molecule is Cc1nc(S/C(=C\c2cc(Cl)ccc2OCc2ccc(Cl)cc2Cl)C(=O)O)n[nH]1. The van der Waals surface area contributed by atoms with Crippen LogP contribution in [0.4, 0.5) is 0 Å². The number of aromatic amines is 1. The predicted molar refractivity (Wildman–Crippen MR) is 115 cm³/mol. The second-order valence-electron chi connectivity index (χ2n) is 5.83. The summed E-state index contributed by atoms with van der Waals surface area (Å²) < 4.78 is 5.86. The molecule has 0 atom stereocenters. The Morgan fingerprint density at radius 2 is 1.93 bits per heavy atom. The van der Waals surface area contributed by atoms with Gasteiger partial charge in [-0.25, -0.2) is 9.78 Å². The second-order valence-corrected chi connectivity index (χ2v) is 8.11. The van der Waals surface area contributed by atoms with Gasteiger partial charge in [0.25, 0.3) is 0 Å². The van der Waals surface area contributed by atoms with Gasteiger partial charge in [0.1, 0.15) is 23.1 Å². The number of aromatic nitrogens is 3. The third-order valence-electron chi connectivity index (χ3n) is 3.65. The van der Waals surface area contributed by atoms with Gasteiger partial charge in [0, 0.05) is 26.2 Å². The molecule has 1 heterocycles. The molecule has 0 fully saturated rings. The van der Waals surface area contributed by atoms with Gasteiger partial charge >= 0.3 is 5.97 Å². The normalized spacial score (nSPS) is 11.5. The summed E-state index contributed by atoms with van der Waals surface area (Å²) in [4.78, 5) is 15.8. The number of carboxylic acids is 1. The largest absolute Gasteiger partial charge is 0.488 e. The number of carboxylic acid groups (broad SMARTS) is 1. The summed E-state index contributed by atoms with van der Waals surface area (Å²) >= 11 is 19.1. The molecule has 0 saturated heterocycles. The zero-order valence-electron chi connectivity index (χ0n) is 14.9. The van der Waals surface area contributed by atoms with Crippen LogP contribution in [0.15, 0.2) is 46.5 Å².